The zero-order valence-electron chi connectivity index (χ0n) is 16.6. The fraction of sp³-hybridized carbons (Fsp3) is 0.391. The van der Waals surface area contributed by atoms with Crippen molar-refractivity contribution in [3.63, 3.8) is 0 Å². The summed E-state index contributed by atoms with van der Waals surface area (Å²) >= 11 is 0. The smallest absolute Gasteiger partial charge is 0.265 e. The first kappa shape index (κ1) is 19.9. The Morgan fingerprint density at radius 3 is 2.43 bits per heavy atom. The summed E-state index contributed by atoms with van der Waals surface area (Å²) in [5, 5.41) is 2.88. The van der Waals surface area contributed by atoms with Crippen molar-refractivity contribution < 1.29 is 14.3 Å². The number of carbonyl (C=O) groups is 2. The largest absolute Gasteiger partial charge is 0.481 e. The van der Waals surface area contributed by atoms with Crippen LogP contribution in [0.1, 0.15) is 48.5 Å². The van der Waals surface area contributed by atoms with E-state index in [9.17, 15) is 9.59 Å². The average molecular weight is 380 g/mol. The lowest BCUT2D eigenvalue weighted by atomic mass is 10.1. The first-order valence-corrected chi connectivity index (χ1v) is 10.0. The van der Waals surface area contributed by atoms with Crippen molar-refractivity contribution in [2.45, 2.75) is 45.6 Å². The van der Waals surface area contributed by atoms with Crippen LogP contribution in [-0.4, -0.2) is 35.9 Å². The van der Waals surface area contributed by atoms with Gasteiger partial charge in [0.15, 0.2) is 6.10 Å². The highest BCUT2D eigenvalue weighted by Crippen LogP contribution is 2.18. The Hall–Kier alpha value is -2.82. The van der Waals surface area contributed by atoms with Crippen LogP contribution in [0.15, 0.2) is 48.5 Å². The fourth-order valence-corrected chi connectivity index (χ4v) is 3.37. The number of likely N-dealkylation sites (tertiary alicyclic amines) is 1. The molecular weight excluding hydrogens is 352 g/mol. The second kappa shape index (κ2) is 9.40. The lowest BCUT2D eigenvalue weighted by Gasteiger charge is -2.26. The second-order valence-electron chi connectivity index (χ2n) is 7.25. The highest BCUT2D eigenvalue weighted by molar-refractivity contribution is 5.97. The number of hydrogen-bond acceptors (Lipinski definition) is 3. The van der Waals surface area contributed by atoms with Gasteiger partial charge < -0.3 is 15.0 Å². The van der Waals surface area contributed by atoms with Crippen LogP contribution in [0.3, 0.4) is 0 Å². The van der Waals surface area contributed by atoms with Crippen LogP contribution < -0.4 is 10.1 Å². The number of carbonyl (C=O) groups excluding carboxylic acids is 2. The Balaban J connectivity index is 1.60. The monoisotopic (exact) mass is 380 g/mol. The van der Waals surface area contributed by atoms with Crippen LogP contribution >= 0.6 is 0 Å². The fourth-order valence-electron chi connectivity index (χ4n) is 3.37. The quantitative estimate of drug-likeness (QED) is 0.807. The van der Waals surface area contributed by atoms with Gasteiger partial charge in [-0.15, -0.1) is 0 Å². The number of nitrogens with zero attached hydrogens (tertiary/aromatic N) is 1. The lowest BCUT2D eigenvalue weighted by Crippen LogP contribution is -2.35. The maximum atomic E-state index is 12.6. The molecule has 0 spiro atoms. The molecular formula is C23H28N2O3. The number of ether oxygens (including phenoxy) is 1. The summed E-state index contributed by atoms with van der Waals surface area (Å²) in [5.41, 5.74) is 2.40. The highest BCUT2D eigenvalue weighted by Gasteiger charge is 2.20. The Labute approximate surface area is 166 Å². The zero-order valence-corrected chi connectivity index (χ0v) is 16.6. The van der Waals surface area contributed by atoms with E-state index >= 15 is 0 Å². The Morgan fingerprint density at radius 1 is 1.07 bits per heavy atom. The second-order valence-corrected chi connectivity index (χ2v) is 7.25. The lowest BCUT2D eigenvalue weighted by molar-refractivity contribution is -0.122. The molecule has 5 heteroatoms. The molecule has 0 aliphatic carbocycles. The van der Waals surface area contributed by atoms with Crippen molar-refractivity contribution in [1.82, 2.24) is 4.90 Å². The third kappa shape index (κ3) is 5.12. The van der Waals surface area contributed by atoms with E-state index in [2.05, 4.69) is 5.32 Å². The van der Waals surface area contributed by atoms with Crippen LogP contribution in [0.25, 0.3) is 0 Å². The molecule has 0 bridgehead atoms. The zero-order chi connectivity index (χ0) is 19.9. The molecule has 1 aliphatic heterocycles. The molecule has 148 valence electrons. The average Bonchev–Trinajstić information content (AvgIpc) is 2.72. The van der Waals surface area contributed by atoms with E-state index in [4.69, 9.17) is 4.74 Å². The summed E-state index contributed by atoms with van der Waals surface area (Å²) in [7, 11) is 0. The molecule has 1 fully saturated rings. The molecule has 1 N–H and O–H groups in total. The molecule has 0 aromatic heterocycles. The van der Waals surface area contributed by atoms with Crippen LogP contribution in [0.4, 0.5) is 5.69 Å². The Morgan fingerprint density at radius 2 is 1.79 bits per heavy atom. The minimum absolute atomic E-state index is 0.0618. The van der Waals surface area contributed by atoms with Crippen molar-refractivity contribution in [3.05, 3.63) is 59.7 Å². The third-order valence-electron chi connectivity index (χ3n) is 4.97. The van der Waals surface area contributed by atoms with Gasteiger partial charge >= 0.3 is 0 Å². The molecule has 2 aromatic carbocycles. The topological polar surface area (TPSA) is 58.6 Å². The maximum absolute atomic E-state index is 12.6. The van der Waals surface area contributed by atoms with Gasteiger partial charge in [0, 0.05) is 24.3 Å². The van der Waals surface area contributed by atoms with E-state index in [1.807, 2.05) is 43.0 Å². The van der Waals surface area contributed by atoms with Crippen LogP contribution in [0.2, 0.25) is 0 Å². The first-order chi connectivity index (χ1) is 13.6. The van der Waals surface area contributed by atoms with Crippen LogP contribution in [-0.2, 0) is 4.79 Å². The van der Waals surface area contributed by atoms with Crippen molar-refractivity contribution in [1.29, 1.82) is 0 Å². The molecule has 1 unspecified atom stereocenters. The van der Waals surface area contributed by atoms with Gasteiger partial charge in [0.25, 0.3) is 11.8 Å². The molecule has 1 heterocycles. The van der Waals surface area contributed by atoms with Crippen molar-refractivity contribution in [3.8, 4) is 5.75 Å². The van der Waals surface area contributed by atoms with Gasteiger partial charge in [-0.25, -0.2) is 0 Å². The minimum atomic E-state index is -0.573. The number of nitrogens with one attached hydrogen (secondary N) is 1. The molecule has 3 rings (SSSR count). The highest BCUT2D eigenvalue weighted by atomic mass is 16.5. The summed E-state index contributed by atoms with van der Waals surface area (Å²) in [6.45, 7) is 5.55. The van der Waals surface area contributed by atoms with Gasteiger partial charge in [-0.05, 0) is 74.6 Å². The Kier molecular flexibility index (Phi) is 6.69. The van der Waals surface area contributed by atoms with Crippen molar-refractivity contribution >= 4 is 17.5 Å². The molecule has 1 aliphatic rings. The van der Waals surface area contributed by atoms with E-state index in [1.165, 1.54) is 6.42 Å². The SMILES string of the molecule is CCC(Oc1cccc(C)c1)C(=O)Nc1ccc(C(=O)N2CCCCC2)cc1. The summed E-state index contributed by atoms with van der Waals surface area (Å²) < 4.78 is 5.85. The van der Waals surface area contributed by atoms with Gasteiger partial charge in [0.1, 0.15) is 5.75 Å². The van der Waals surface area contributed by atoms with E-state index < -0.39 is 6.10 Å². The van der Waals surface area contributed by atoms with E-state index in [0.717, 1.165) is 31.5 Å². The summed E-state index contributed by atoms with van der Waals surface area (Å²) in [6.07, 6.45) is 3.32. The molecule has 2 amide bonds. The standard InChI is InChI=1S/C23H28N2O3/c1-3-21(28-20-9-7-8-17(2)16-20)22(26)24-19-12-10-18(11-13-19)23(27)25-14-5-4-6-15-25/h7-13,16,21H,3-6,14-15H2,1-2H3,(H,24,26). The van der Waals surface area contributed by atoms with E-state index in [1.54, 1.807) is 24.3 Å². The van der Waals surface area contributed by atoms with E-state index in [0.29, 0.717) is 23.4 Å². The van der Waals surface area contributed by atoms with Crippen LogP contribution in [0.5, 0.6) is 5.75 Å². The van der Waals surface area contributed by atoms with Crippen molar-refractivity contribution in [2.75, 3.05) is 18.4 Å². The molecule has 1 atom stereocenters. The number of piperidine rings is 1. The maximum Gasteiger partial charge on any atom is 0.265 e. The minimum Gasteiger partial charge on any atom is -0.481 e. The van der Waals surface area contributed by atoms with Gasteiger partial charge in [-0.2, -0.15) is 0 Å². The predicted molar refractivity (Wildman–Crippen MR) is 111 cm³/mol. The van der Waals surface area contributed by atoms with Gasteiger partial charge in [-0.3, -0.25) is 9.59 Å². The number of rotatable bonds is 6. The number of benzene rings is 2. The number of aryl methyl sites for hydroxylation is 1. The van der Waals surface area contributed by atoms with Crippen LogP contribution in [0, 0.1) is 6.92 Å². The van der Waals surface area contributed by atoms with Crippen molar-refractivity contribution in [2.24, 2.45) is 0 Å². The molecule has 0 saturated carbocycles. The van der Waals surface area contributed by atoms with Gasteiger partial charge in [0.05, 0.1) is 0 Å². The molecule has 1 saturated heterocycles. The molecule has 2 aromatic rings. The third-order valence-corrected chi connectivity index (χ3v) is 4.97. The predicted octanol–water partition coefficient (Wildman–Crippen LogP) is 4.42. The molecule has 0 radical (unpaired) electrons. The van der Waals surface area contributed by atoms with E-state index in [-0.39, 0.29) is 11.8 Å². The number of hydrogen-bond donors (Lipinski definition) is 1. The summed E-state index contributed by atoms with van der Waals surface area (Å²) in [4.78, 5) is 27.0. The summed E-state index contributed by atoms with van der Waals surface area (Å²) in [5.74, 6) is 0.551. The van der Waals surface area contributed by atoms with Gasteiger partial charge in [-0.1, -0.05) is 19.1 Å². The number of anilines is 1. The summed E-state index contributed by atoms with van der Waals surface area (Å²) in [6, 6.07) is 14.8. The number of amides is 2. The Bertz CT molecular complexity index is 811. The molecule has 5 nitrogen and oxygen atoms in total. The normalized spacial score (nSPS) is 15.0. The van der Waals surface area contributed by atoms with Gasteiger partial charge in [0.2, 0.25) is 0 Å². The first-order valence-electron chi connectivity index (χ1n) is 10.0. The molecule has 28 heavy (non-hydrogen) atoms.